The van der Waals surface area contributed by atoms with Crippen molar-refractivity contribution in [3.63, 3.8) is 0 Å². The minimum absolute atomic E-state index is 0.0108. The molecule has 0 aliphatic carbocycles. The Morgan fingerprint density at radius 3 is 2.74 bits per heavy atom. The average molecular weight is 371 g/mol. The number of benzene rings is 2. The molecular weight excluding hydrogens is 352 g/mol. The average Bonchev–Trinajstić information content (AvgIpc) is 3.00. The van der Waals surface area contributed by atoms with Crippen LogP contribution < -0.4 is 4.74 Å². The lowest BCUT2D eigenvalue weighted by Gasteiger charge is -2.37. The molecule has 0 amide bonds. The van der Waals surface area contributed by atoms with Crippen LogP contribution in [-0.4, -0.2) is 16.9 Å². The van der Waals surface area contributed by atoms with Crippen molar-refractivity contribution in [3.8, 4) is 5.75 Å². The fourth-order valence-electron chi connectivity index (χ4n) is 3.32. The summed E-state index contributed by atoms with van der Waals surface area (Å²) in [5, 5.41) is 7.04. The molecule has 3 nitrogen and oxygen atoms in total. The van der Waals surface area contributed by atoms with Gasteiger partial charge in [0.1, 0.15) is 5.75 Å². The Bertz CT molecular complexity index is 769. The number of ether oxygens (including phenoxy) is 1. The third kappa shape index (κ3) is 2.55. The van der Waals surface area contributed by atoms with E-state index in [2.05, 4.69) is 71.2 Å². The lowest BCUT2D eigenvalue weighted by Crippen LogP contribution is -2.39. The number of nitrogens with zero attached hydrogens (tertiary/aromatic N) is 2. The van der Waals surface area contributed by atoms with Gasteiger partial charge in [0.05, 0.1) is 11.8 Å². The summed E-state index contributed by atoms with van der Waals surface area (Å²) in [6, 6.07) is 15.1. The lowest BCUT2D eigenvalue weighted by atomic mass is 9.96. The van der Waals surface area contributed by atoms with Gasteiger partial charge in [-0.05, 0) is 30.7 Å². The highest BCUT2D eigenvalue weighted by Crippen LogP contribution is 2.44. The third-order valence-electron chi connectivity index (χ3n) is 4.57. The number of fused-ring (bicyclic) bond motifs is 3. The van der Waals surface area contributed by atoms with Gasteiger partial charge < -0.3 is 4.74 Å². The molecule has 2 aliphatic rings. The molecule has 2 heterocycles. The number of hydrazone groups is 1. The van der Waals surface area contributed by atoms with Gasteiger partial charge in [0.2, 0.25) is 0 Å². The first-order valence-electron chi connectivity index (χ1n) is 8.04. The molecule has 0 spiro atoms. The van der Waals surface area contributed by atoms with E-state index in [1.807, 2.05) is 6.07 Å². The topological polar surface area (TPSA) is 24.8 Å². The zero-order chi connectivity index (χ0) is 16.0. The summed E-state index contributed by atoms with van der Waals surface area (Å²) in [5.41, 5.74) is 4.84. The van der Waals surface area contributed by atoms with Gasteiger partial charge >= 0.3 is 0 Å². The molecule has 2 atom stereocenters. The summed E-state index contributed by atoms with van der Waals surface area (Å²) in [7, 11) is 0. The van der Waals surface area contributed by atoms with E-state index in [0.29, 0.717) is 0 Å². The molecule has 2 aromatic rings. The normalized spacial score (nSPS) is 22.2. The van der Waals surface area contributed by atoms with Crippen LogP contribution in [0.5, 0.6) is 5.75 Å². The SMILES string of the molecule is CCC1Oc2ccc(Br)cc2C2CC(c3ccc(C)cc3)=NN12. The molecule has 0 saturated carbocycles. The van der Waals surface area contributed by atoms with Crippen LogP contribution in [0.2, 0.25) is 0 Å². The summed E-state index contributed by atoms with van der Waals surface area (Å²) in [6.45, 7) is 4.25. The molecule has 4 heteroatoms. The van der Waals surface area contributed by atoms with Crippen molar-refractivity contribution in [3.05, 3.63) is 63.6 Å². The maximum atomic E-state index is 6.15. The van der Waals surface area contributed by atoms with Gasteiger partial charge in [0.25, 0.3) is 0 Å². The Labute approximate surface area is 145 Å². The van der Waals surface area contributed by atoms with E-state index >= 15 is 0 Å². The monoisotopic (exact) mass is 370 g/mol. The molecule has 118 valence electrons. The summed E-state index contributed by atoms with van der Waals surface area (Å²) < 4.78 is 7.23. The fraction of sp³-hybridized carbons (Fsp3) is 0.316. The number of rotatable bonds is 2. The molecule has 0 radical (unpaired) electrons. The second kappa shape index (κ2) is 5.68. The van der Waals surface area contributed by atoms with Gasteiger partial charge in [-0.1, -0.05) is 52.7 Å². The van der Waals surface area contributed by atoms with Gasteiger partial charge in [-0.15, -0.1) is 0 Å². The van der Waals surface area contributed by atoms with Crippen LogP contribution in [0.25, 0.3) is 0 Å². The van der Waals surface area contributed by atoms with Crippen LogP contribution in [0.4, 0.5) is 0 Å². The van der Waals surface area contributed by atoms with Gasteiger partial charge in [0, 0.05) is 22.9 Å². The Hall–Kier alpha value is -1.81. The Morgan fingerprint density at radius 2 is 2.00 bits per heavy atom. The van der Waals surface area contributed by atoms with Crippen molar-refractivity contribution < 1.29 is 4.74 Å². The minimum atomic E-state index is 0.0108. The molecule has 23 heavy (non-hydrogen) atoms. The molecular formula is C19H19BrN2O. The predicted octanol–water partition coefficient (Wildman–Crippen LogP) is 5.04. The van der Waals surface area contributed by atoms with E-state index < -0.39 is 0 Å². The summed E-state index contributed by atoms with van der Waals surface area (Å²) in [6.07, 6.45) is 1.85. The summed E-state index contributed by atoms with van der Waals surface area (Å²) in [4.78, 5) is 0. The second-order valence-corrected chi connectivity index (χ2v) is 7.09. The number of hydrogen-bond acceptors (Lipinski definition) is 3. The molecule has 2 unspecified atom stereocenters. The van der Waals surface area contributed by atoms with Crippen LogP contribution in [0.3, 0.4) is 0 Å². The molecule has 0 fully saturated rings. The van der Waals surface area contributed by atoms with E-state index in [1.165, 1.54) is 16.7 Å². The van der Waals surface area contributed by atoms with Crippen molar-refractivity contribution in [2.45, 2.75) is 39.0 Å². The highest BCUT2D eigenvalue weighted by atomic mass is 79.9. The first kappa shape index (κ1) is 14.8. The van der Waals surface area contributed by atoms with Crippen LogP contribution >= 0.6 is 15.9 Å². The Morgan fingerprint density at radius 1 is 1.22 bits per heavy atom. The standard InChI is InChI=1S/C19H19BrN2O/c1-3-19-22-17(15-10-14(20)8-9-18(15)23-19)11-16(21-22)13-6-4-12(2)5-7-13/h4-10,17,19H,3,11H2,1-2H3. The largest absolute Gasteiger partial charge is 0.469 e. The van der Waals surface area contributed by atoms with Gasteiger partial charge in [-0.2, -0.15) is 5.10 Å². The quantitative estimate of drug-likeness (QED) is 0.739. The third-order valence-corrected chi connectivity index (χ3v) is 5.06. The highest BCUT2D eigenvalue weighted by Gasteiger charge is 2.39. The smallest absolute Gasteiger partial charge is 0.187 e. The maximum absolute atomic E-state index is 6.15. The van der Waals surface area contributed by atoms with Crippen molar-refractivity contribution >= 4 is 21.6 Å². The molecule has 2 aromatic carbocycles. The van der Waals surface area contributed by atoms with Crippen molar-refractivity contribution in [1.29, 1.82) is 0 Å². The molecule has 4 rings (SSSR count). The van der Waals surface area contributed by atoms with E-state index in [9.17, 15) is 0 Å². The Kier molecular flexibility index (Phi) is 3.64. The number of halogens is 1. The minimum Gasteiger partial charge on any atom is -0.469 e. The number of aryl methyl sites for hydroxylation is 1. The molecule has 2 aliphatic heterocycles. The molecule has 0 bridgehead atoms. The molecule has 0 aromatic heterocycles. The second-order valence-electron chi connectivity index (χ2n) is 6.18. The van der Waals surface area contributed by atoms with Crippen LogP contribution in [0, 0.1) is 6.92 Å². The van der Waals surface area contributed by atoms with Crippen LogP contribution in [0.15, 0.2) is 52.0 Å². The number of hydrogen-bond donors (Lipinski definition) is 0. The summed E-state index contributed by atoms with van der Waals surface area (Å²) in [5.74, 6) is 0.988. The lowest BCUT2D eigenvalue weighted by molar-refractivity contribution is -0.0188. The fourth-order valence-corrected chi connectivity index (χ4v) is 3.70. The van der Waals surface area contributed by atoms with Crippen molar-refractivity contribution in [2.24, 2.45) is 5.10 Å². The van der Waals surface area contributed by atoms with Crippen LogP contribution in [-0.2, 0) is 0 Å². The van der Waals surface area contributed by atoms with E-state index in [4.69, 9.17) is 9.84 Å². The summed E-state index contributed by atoms with van der Waals surface area (Å²) >= 11 is 3.58. The van der Waals surface area contributed by atoms with E-state index in [0.717, 1.165) is 28.8 Å². The van der Waals surface area contributed by atoms with Crippen LogP contribution in [0.1, 0.15) is 42.5 Å². The first-order valence-corrected chi connectivity index (χ1v) is 8.84. The Balaban J connectivity index is 1.73. The zero-order valence-electron chi connectivity index (χ0n) is 13.3. The molecule has 0 N–H and O–H groups in total. The van der Waals surface area contributed by atoms with E-state index in [1.54, 1.807) is 0 Å². The molecule has 0 saturated heterocycles. The van der Waals surface area contributed by atoms with E-state index in [-0.39, 0.29) is 12.3 Å². The van der Waals surface area contributed by atoms with Gasteiger partial charge in [-0.3, -0.25) is 5.01 Å². The maximum Gasteiger partial charge on any atom is 0.187 e. The zero-order valence-corrected chi connectivity index (χ0v) is 14.9. The van der Waals surface area contributed by atoms with Crippen molar-refractivity contribution in [1.82, 2.24) is 5.01 Å². The highest BCUT2D eigenvalue weighted by molar-refractivity contribution is 9.10. The van der Waals surface area contributed by atoms with Crippen molar-refractivity contribution in [2.75, 3.05) is 0 Å². The van der Waals surface area contributed by atoms with Gasteiger partial charge in [-0.25, -0.2) is 0 Å². The predicted molar refractivity (Wildman–Crippen MR) is 95.8 cm³/mol. The van der Waals surface area contributed by atoms with Gasteiger partial charge in [0.15, 0.2) is 6.23 Å². The first-order chi connectivity index (χ1) is 11.2.